The van der Waals surface area contributed by atoms with Crippen molar-refractivity contribution in [3.8, 4) is 0 Å². The number of nitrogens with zero attached hydrogens (tertiary/aromatic N) is 4. The number of esters is 4. The van der Waals surface area contributed by atoms with Gasteiger partial charge in [0.15, 0.2) is 0 Å². The minimum Gasteiger partial charge on any atom is -0.462 e. The highest BCUT2D eigenvalue weighted by Gasteiger charge is 2.33. The van der Waals surface area contributed by atoms with Gasteiger partial charge in [0.2, 0.25) is 0 Å². The van der Waals surface area contributed by atoms with Crippen molar-refractivity contribution in [3.05, 3.63) is 93.7 Å². The minimum atomic E-state index is -0.676. The second-order valence-electron chi connectivity index (χ2n) is 10.9. The summed E-state index contributed by atoms with van der Waals surface area (Å²) in [6, 6.07) is 0. The van der Waals surface area contributed by atoms with Crippen LogP contribution in [-0.4, -0.2) is 73.2 Å². The number of rotatable bonds is 12. The Morgan fingerprint density at radius 3 is 0.792 bits per heavy atom. The van der Waals surface area contributed by atoms with Crippen molar-refractivity contribution < 1.29 is 38.1 Å². The van der Waals surface area contributed by atoms with Crippen LogP contribution in [0.15, 0.2) is 114 Å². The number of allylic oxidation sites excluding steroid dienone is 8. The second-order valence-corrected chi connectivity index (χ2v) is 10.9. The van der Waals surface area contributed by atoms with Crippen LogP contribution in [0.2, 0.25) is 0 Å². The fraction of sp³-hybridized carbons (Fsp3) is 0.333. The lowest BCUT2D eigenvalue weighted by Gasteiger charge is -2.11. The third kappa shape index (κ3) is 7.07. The van der Waals surface area contributed by atoms with Crippen LogP contribution >= 0.6 is 0 Å². The molecular weight excluding hydrogens is 616 g/mol. The maximum Gasteiger partial charge on any atom is 0.342 e. The Labute approximate surface area is 278 Å². The lowest BCUT2D eigenvalue weighted by atomic mass is 10.1. The first kappa shape index (κ1) is 33.8. The van der Waals surface area contributed by atoms with E-state index in [9.17, 15) is 19.2 Å². The summed E-state index contributed by atoms with van der Waals surface area (Å²) in [6.07, 6.45) is 14.9. The van der Waals surface area contributed by atoms with E-state index in [0.29, 0.717) is 25.7 Å². The molecule has 248 valence electrons. The van der Waals surface area contributed by atoms with Crippen LogP contribution in [0.4, 0.5) is 0 Å². The molecular formula is C36H36N4O8. The number of aliphatic imine (C=N–C) groups is 4. The van der Waals surface area contributed by atoms with Crippen LogP contribution in [0.5, 0.6) is 0 Å². The van der Waals surface area contributed by atoms with Gasteiger partial charge in [0.25, 0.3) is 0 Å². The van der Waals surface area contributed by atoms with Crippen molar-refractivity contribution >= 4 is 46.7 Å². The van der Waals surface area contributed by atoms with Gasteiger partial charge < -0.3 is 18.9 Å². The van der Waals surface area contributed by atoms with E-state index in [1.54, 1.807) is 48.6 Å². The number of carbonyl (C=O) groups is 4. The van der Waals surface area contributed by atoms with Gasteiger partial charge in [-0.3, -0.25) is 0 Å². The second kappa shape index (κ2) is 15.4. The molecule has 0 saturated carbocycles. The first-order chi connectivity index (χ1) is 23.3. The highest BCUT2D eigenvalue weighted by atomic mass is 16.5. The van der Waals surface area contributed by atoms with Gasteiger partial charge in [-0.2, -0.15) is 0 Å². The van der Waals surface area contributed by atoms with Gasteiger partial charge in [0.1, 0.15) is 22.3 Å². The minimum absolute atomic E-state index is 0.0391. The molecule has 12 nitrogen and oxygen atoms in total. The molecule has 0 spiro atoms. The molecule has 0 radical (unpaired) electrons. The molecule has 0 amide bonds. The van der Waals surface area contributed by atoms with Crippen molar-refractivity contribution in [3.63, 3.8) is 0 Å². The average molecular weight is 653 g/mol. The molecule has 12 heteroatoms. The zero-order valence-corrected chi connectivity index (χ0v) is 27.3. The van der Waals surface area contributed by atoms with Gasteiger partial charge in [-0.25, -0.2) is 39.1 Å². The van der Waals surface area contributed by atoms with Gasteiger partial charge >= 0.3 is 23.9 Å². The monoisotopic (exact) mass is 652 g/mol. The van der Waals surface area contributed by atoms with Crippen molar-refractivity contribution in [2.24, 2.45) is 20.0 Å². The zero-order valence-electron chi connectivity index (χ0n) is 27.3. The first-order valence-electron chi connectivity index (χ1n) is 16.0. The summed E-state index contributed by atoms with van der Waals surface area (Å²) in [5, 5.41) is 0. The SMILES string of the molecule is CCCOC(=O)C1=C2C=CC(=N2)C(C(=O)OCCC)=C2C=CC(=N2)C(C(=O)OCCC)=C2C=CC(=N2)C(C(=O)OCCC)=C2C=CC1=N2. The fourth-order valence-corrected chi connectivity index (χ4v) is 4.99. The predicted octanol–water partition coefficient (Wildman–Crippen LogP) is 4.87. The van der Waals surface area contributed by atoms with Gasteiger partial charge in [-0.05, 0) is 74.3 Å². The standard InChI is InChI=1S/C36H36N4O8/c1-5-17-45-33(41)29-21-9-11-23(37-21)30(34(42)46-18-6-2)25-13-15-27(39-25)32(36(44)48-20-8-4)28-16-14-26(40-28)31(35(43)47-19-7-3)24-12-10-22(29)38-24/h9-16H,5-8,17-20H2,1-4H3. The highest BCUT2D eigenvalue weighted by molar-refractivity contribution is 6.33. The molecule has 5 heterocycles. The fourth-order valence-electron chi connectivity index (χ4n) is 4.99. The largest absolute Gasteiger partial charge is 0.462 e. The molecule has 0 saturated heterocycles. The van der Waals surface area contributed by atoms with Crippen molar-refractivity contribution in [2.45, 2.75) is 53.4 Å². The third-order valence-electron chi connectivity index (χ3n) is 7.17. The molecule has 0 aromatic carbocycles. The molecule has 0 fully saturated rings. The number of ether oxygens (including phenoxy) is 4. The van der Waals surface area contributed by atoms with Crippen LogP contribution < -0.4 is 0 Å². The summed E-state index contributed by atoms with van der Waals surface area (Å²) >= 11 is 0. The molecule has 5 rings (SSSR count). The van der Waals surface area contributed by atoms with Gasteiger partial charge in [0.05, 0.1) is 72.1 Å². The van der Waals surface area contributed by atoms with E-state index in [2.05, 4.69) is 20.0 Å². The summed E-state index contributed by atoms with van der Waals surface area (Å²) in [7, 11) is 0. The van der Waals surface area contributed by atoms with Crippen LogP contribution in [-0.2, 0) is 38.1 Å². The van der Waals surface area contributed by atoms with Gasteiger partial charge in [0, 0.05) is 0 Å². The van der Waals surface area contributed by atoms with E-state index in [4.69, 9.17) is 18.9 Å². The van der Waals surface area contributed by atoms with Crippen molar-refractivity contribution in [1.82, 2.24) is 0 Å². The Kier molecular flexibility index (Phi) is 10.8. The normalized spacial score (nSPS) is 17.6. The summed E-state index contributed by atoms with van der Waals surface area (Å²) in [4.78, 5) is 72.6. The maximum atomic E-state index is 13.5. The topological polar surface area (TPSA) is 155 Å². The lowest BCUT2D eigenvalue weighted by molar-refractivity contribution is -0.139. The third-order valence-corrected chi connectivity index (χ3v) is 7.17. The molecule has 0 N–H and O–H groups in total. The number of hydrogen-bond donors (Lipinski definition) is 0. The molecule has 5 aliphatic heterocycles. The number of hydrogen-bond acceptors (Lipinski definition) is 12. The molecule has 0 aromatic rings. The van der Waals surface area contributed by atoms with Gasteiger partial charge in [-0.1, -0.05) is 27.7 Å². The van der Waals surface area contributed by atoms with E-state index in [-0.39, 0.29) is 94.4 Å². The average Bonchev–Trinajstić information content (AvgIpc) is 3.91. The van der Waals surface area contributed by atoms with Crippen LogP contribution in [0.25, 0.3) is 0 Å². The Morgan fingerprint density at radius 1 is 0.396 bits per heavy atom. The smallest absolute Gasteiger partial charge is 0.342 e. The quantitative estimate of drug-likeness (QED) is 0.214. The van der Waals surface area contributed by atoms with Crippen LogP contribution in [0.1, 0.15) is 53.4 Å². The summed E-state index contributed by atoms with van der Waals surface area (Å²) in [6.45, 7) is 8.11. The highest BCUT2D eigenvalue weighted by Crippen LogP contribution is 2.31. The van der Waals surface area contributed by atoms with E-state index >= 15 is 0 Å². The van der Waals surface area contributed by atoms with Gasteiger partial charge in [-0.15, -0.1) is 0 Å². The summed E-state index contributed by atoms with van der Waals surface area (Å²) < 4.78 is 22.0. The van der Waals surface area contributed by atoms with Crippen LogP contribution in [0.3, 0.4) is 0 Å². The predicted molar refractivity (Wildman–Crippen MR) is 179 cm³/mol. The van der Waals surface area contributed by atoms with E-state index < -0.39 is 23.9 Å². The van der Waals surface area contributed by atoms with Crippen molar-refractivity contribution in [1.29, 1.82) is 0 Å². The van der Waals surface area contributed by atoms with E-state index in [1.807, 2.05) is 27.7 Å². The molecule has 0 atom stereocenters. The zero-order chi connectivity index (χ0) is 34.2. The summed E-state index contributed by atoms with van der Waals surface area (Å²) in [5.74, 6) is -2.70. The first-order valence-corrected chi connectivity index (χ1v) is 16.0. The van der Waals surface area contributed by atoms with E-state index in [0.717, 1.165) is 0 Å². The molecule has 48 heavy (non-hydrogen) atoms. The molecule has 5 aliphatic rings. The Balaban J connectivity index is 1.81. The molecule has 8 bridgehead atoms. The maximum absolute atomic E-state index is 13.5. The van der Waals surface area contributed by atoms with Crippen molar-refractivity contribution in [2.75, 3.05) is 26.4 Å². The molecule has 0 unspecified atom stereocenters. The number of fused-ring (bicyclic) bond motifs is 4. The number of carbonyl (C=O) groups excluding carboxylic acids is 4. The van der Waals surface area contributed by atoms with E-state index in [1.165, 1.54) is 0 Å². The van der Waals surface area contributed by atoms with Crippen LogP contribution in [0, 0.1) is 0 Å². The molecule has 0 aromatic heterocycles. The molecule has 0 aliphatic carbocycles. The lowest BCUT2D eigenvalue weighted by Crippen LogP contribution is -2.18. The Morgan fingerprint density at radius 2 is 0.604 bits per heavy atom. The summed E-state index contributed by atoms with van der Waals surface area (Å²) in [5.41, 5.74) is 1.67. The Bertz CT molecular complexity index is 1560. The Hall–Kier alpha value is -5.52.